The Balaban J connectivity index is 1.95. The van der Waals surface area contributed by atoms with Crippen LogP contribution in [0.3, 0.4) is 0 Å². The minimum atomic E-state index is -0.604. The first kappa shape index (κ1) is 13.7. The van der Waals surface area contributed by atoms with E-state index >= 15 is 0 Å². The zero-order chi connectivity index (χ0) is 15.0. The molecule has 2 aromatic rings. The van der Waals surface area contributed by atoms with Gasteiger partial charge in [-0.15, -0.1) is 11.3 Å². The third-order valence-electron chi connectivity index (χ3n) is 3.48. The summed E-state index contributed by atoms with van der Waals surface area (Å²) >= 11 is 1.45. The topological polar surface area (TPSA) is 79.4 Å². The summed E-state index contributed by atoms with van der Waals surface area (Å²) in [6.07, 6.45) is 0.466. The lowest BCUT2D eigenvalue weighted by Gasteiger charge is -2.33. The number of hydrogen-bond acceptors (Lipinski definition) is 5. The van der Waals surface area contributed by atoms with Crippen LogP contribution < -0.4 is 5.32 Å². The number of carbonyl (C=O) groups excluding carboxylic acids is 3. The van der Waals surface area contributed by atoms with Crippen molar-refractivity contribution in [2.24, 2.45) is 0 Å². The Kier molecular flexibility index (Phi) is 3.42. The van der Waals surface area contributed by atoms with Crippen molar-refractivity contribution in [3.8, 4) is 0 Å². The first-order valence-electron chi connectivity index (χ1n) is 6.58. The SMILES string of the molecule is CCC1C(=O)NC(=O)CN1C(=O)c1ccc2ncsc2c1. The Morgan fingerprint density at radius 3 is 3.05 bits per heavy atom. The zero-order valence-corrected chi connectivity index (χ0v) is 12.1. The number of hydrogen-bond donors (Lipinski definition) is 1. The summed E-state index contributed by atoms with van der Waals surface area (Å²) in [7, 11) is 0. The summed E-state index contributed by atoms with van der Waals surface area (Å²) in [5.74, 6) is -1.17. The molecule has 0 aliphatic carbocycles. The van der Waals surface area contributed by atoms with Crippen molar-refractivity contribution in [2.45, 2.75) is 19.4 Å². The molecule has 1 aromatic carbocycles. The molecule has 6 nitrogen and oxygen atoms in total. The van der Waals surface area contributed by atoms with Gasteiger partial charge in [0.2, 0.25) is 11.8 Å². The Hall–Kier alpha value is -2.28. The Morgan fingerprint density at radius 2 is 2.29 bits per heavy atom. The number of amides is 3. The average molecular weight is 303 g/mol. The van der Waals surface area contributed by atoms with Gasteiger partial charge in [0.1, 0.15) is 12.6 Å². The summed E-state index contributed by atoms with van der Waals surface area (Å²) in [6.45, 7) is 1.72. The number of carbonyl (C=O) groups is 3. The lowest BCUT2D eigenvalue weighted by molar-refractivity contribution is -0.138. The van der Waals surface area contributed by atoms with Crippen molar-refractivity contribution in [1.29, 1.82) is 0 Å². The quantitative estimate of drug-likeness (QED) is 0.845. The fourth-order valence-electron chi connectivity index (χ4n) is 2.44. The molecule has 1 aliphatic heterocycles. The molecule has 1 fully saturated rings. The van der Waals surface area contributed by atoms with E-state index in [1.54, 1.807) is 23.7 Å². The molecule has 0 saturated carbocycles. The van der Waals surface area contributed by atoms with Crippen LogP contribution >= 0.6 is 11.3 Å². The predicted molar refractivity (Wildman–Crippen MR) is 77.9 cm³/mol. The number of fused-ring (bicyclic) bond motifs is 1. The van der Waals surface area contributed by atoms with Crippen molar-refractivity contribution in [3.63, 3.8) is 0 Å². The van der Waals surface area contributed by atoms with E-state index in [2.05, 4.69) is 10.3 Å². The number of thiazole rings is 1. The molecule has 1 N–H and O–H groups in total. The number of benzene rings is 1. The minimum Gasteiger partial charge on any atom is -0.317 e. The van der Waals surface area contributed by atoms with Crippen LogP contribution in [0.2, 0.25) is 0 Å². The molecule has 0 spiro atoms. The van der Waals surface area contributed by atoms with Gasteiger partial charge in [0.25, 0.3) is 5.91 Å². The van der Waals surface area contributed by atoms with Crippen LogP contribution in [0.1, 0.15) is 23.7 Å². The number of imide groups is 1. The lowest BCUT2D eigenvalue weighted by Crippen LogP contribution is -2.59. The van der Waals surface area contributed by atoms with Gasteiger partial charge in [-0.3, -0.25) is 19.7 Å². The molecule has 7 heteroatoms. The van der Waals surface area contributed by atoms with Crippen molar-refractivity contribution < 1.29 is 14.4 Å². The number of nitrogens with zero attached hydrogens (tertiary/aromatic N) is 2. The fraction of sp³-hybridized carbons (Fsp3) is 0.286. The average Bonchev–Trinajstić information content (AvgIpc) is 2.93. The molecular formula is C14H13N3O3S. The number of aromatic nitrogens is 1. The molecule has 2 heterocycles. The van der Waals surface area contributed by atoms with Gasteiger partial charge in [0.15, 0.2) is 0 Å². The van der Waals surface area contributed by atoms with Crippen molar-refractivity contribution >= 4 is 39.3 Å². The molecule has 3 rings (SSSR count). The first-order chi connectivity index (χ1) is 10.1. The van der Waals surface area contributed by atoms with Gasteiger partial charge in [-0.1, -0.05) is 6.92 Å². The van der Waals surface area contributed by atoms with E-state index in [0.29, 0.717) is 12.0 Å². The molecule has 21 heavy (non-hydrogen) atoms. The summed E-state index contributed by atoms with van der Waals surface area (Å²) < 4.78 is 0.904. The molecule has 0 radical (unpaired) electrons. The van der Waals surface area contributed by atoms with Gasteiger partial charge in [-0.2, -0.15) is 0 Å². The smallest absolute Gasteiger partial charge is 0.255 e. The van der Waals surface area contributed by atoms with Crippen LogP contribution in [0.25, 0.3) is 10.2 Å². The monoisotopic (exact) mass is 303 g/mol. The van der Waals surface area contributed by atoms with Crippen LogP contribution in [0, 0.1) is 0 Å². The second-order valence-corrected chi connectivity index (χ2v) is 5.69. The van der Waals surface area contributed by atoms with Gasteiger partial charge in [0.05, 0.1) is 15.7 Å². The molecule has 1 aliphatic rings. The maximum Gasteiger partial charge on any atom is 0.255 e. The zero-order valence-electron chi connectivity index (χ0n) is 11.3. The van der Waals surface area contributed by atoms with Crippen molar-refractivity contribution in [3.05, 3.63) is 29.3 Å². The van der Waals surface area contributed by atoms with E-state index in [0.717, 1.165) is 10.2 Å². The van der Waals surface area contributed by atoms with Crippen LogP contribution in [0.5, 0.6) is 0 Å². The molecule has 1 aromatic heterocycles. The van der Waals surface area contributed by atoms with Gasteiger partial charge >= 0.3 is 0 Å². The number of rotatable bonds is 2. The Labute approximate surface area is 124 Å². The fourth-order valence-corrected chi connectivity index (χ4v) is 3.16. The molecule has 1 unspecified atom stereocenters. The highest BCUT2D eigenvalue weighted by Crippen LogP contribution is 2.21. The van der Waals surface area contributed by atoms with E-state index in [9.17, 15) is 14.4 Å². The standard InChI is InChI=1S/C14H13N3O3S/c1-2-10-13(19)16-12(18)6-17(10)14(20)8-3-4-9-11(5-8)21-7-15-9/h3-5,7,10H,2,6H2,1H3,(H,16,18,19). The Morgan fingerprint density at radius 1 is 1.48 bits per heavy atom. The molecule has 3 amide bonds. The van der Waals surface area contributed by atoms with E-state index in [1.165, 1.54) is 16.2 Å². The van der Waals surface area contributed by atoms with E-state index in [-0.39, 0.29) is 12.5 Å². The maximum atomic E-state index is 12.6. The van der Waals surface area contributed by atoms with Gasteiger partial charge in [-0.25, -0.2) is 4.98 Å². The van der Waals surface area contributed by atoms with Gasteiger partial charge in [0, 0.05) is 5.56 Å². The lowest BCUT2D eigenvalue weighted by atomic mass is 10.1. The molecule has 1 atom stereocenters. The van der Waals surface area contributed by atoms with Crippen LogP contribution in [0.4, 0.5) is 0 Å². The molecule has 1 saturated heterocycles. The third-order valence-corrected chi connectivity index (χ3v) is 4.27. The molecule has 0 bridgehead atoms. The van der Waals surface area contributed by atoms with E-state index < -0.39 is 17.9 Å². The maximum absolute atomic E-state index is 12.6. The van der Waals surface area contributed by atoms with Crippen molar-refractivity contribution in [2.75, 3.05) is 6.54 Å². The summed E-state index contributed by atoms with van der Waals surface area (Å²) in [5, 5.41) is 2.26. The van der Waals surface area contributed by atoms with Crippen LogP contribution in [-0.2, 0) is 9.59 Å². The highest BCUT2D eigenvalue weighted by Gasteiger charge is 2.35. The van der Waals surface area contributed by atoms with Crippen molar-refractivity contribution in [1.82, 2.24) is 15.2 Å². The highest BCUT2D eigenvalue weighted by molar-refractivity contribution is 7.16. The normalized spacial score (nSPS) is 18.9. The van der Waals surface area contributed by atoms with Crippen LogP contribution in [-0.4, -0.2) is 40.2 Å². The summed E-state index contributed by atoms with van der Waals surface area (Å²) in [6, 6.07) is 4.59. The third kappa shape index (κ3) is 2.40. The predicted octanol–water partition coefficient (Wildman–Crippen LogP) is 1.17. The Bertz CT molecular complexity index is 740. The molecule has 108 valence electrons. The van der Waals surface area contributed by atoms with Crippen LogP contribution in [0.15, 0.2) is 23.7 Å². The molecular weight excluding hydrogens is 290 g/mol. The largest absolute Gasteiger partial charge is 0.317 e. The second-order valence-electron chi connectivity index (χ2n) is 4.80. The number of piperazine rings is 1. The summed E-state index contributed by atoms with van der Waals surface area (Å²) in [4.78, 5) is 41.4. The minimum absolute atomic E-state index is 0.0934. The first-order valence-corrected chi connectivity index (χ1v) is 7.46. The van der Waals surface area contributed by atoms with E-state index in [4.69, 9.17) is 0 Å². The number of nitrogens with one attached hydrogen (secondary N) is 1. The summed E-state index contributed by atoms with van der Waals surface area (Å²) in [5.41, 5.74) is 3.01. The van der Waals surface area contributed by atoms with E-state index in [1.807, 2.05) is 6.92 Å². The van der Waals surface area contributed by atoms with Gasteiger partial charge in [-0.05, 0) is 24.6 Å². The second kappa shape index (κ2) is 5.25. The van der Waals surface area contributed by atoms with Gasteiger partial charge < -0.3 is 4.90 Å². The highest BCUT2D eigenvalue weighted by atomic mass is 32.1.